The first kappa shape index (κ1) is 13.2. The van der Waals surface area contributed by atoms with Crippen molar-refractivity contribution >= 4 is 11.9 Å². The van der Waals surface area contributed by atoms with Crippen LogP contribution >= 0.6 is 0 Å². The number of carboxylic acid groups (broad SMARTS) is 1. The molecule has 0 aliphatic rings. The van der Waals surface area contributed by atoms with Gasteiger partial charge in [0, 0.05) is 20.0 Å². The highest BCUT2D eigenvalue weighted by atomic mass is 16.4. The van der Waals surface area contributed by atoms with Gasteiger partial charge in [0.25, 0.3) is 0 Å². The Morgan fingerprint density at radius 2 is 1.88 bits per heavy atom. The van der Waals surface area contributed by atoms with E-state index in [9.17, 15) is 9.59 Å². The molecule has 0 aliphatic heterocycles. The van der Waals surface area contributed by atoms with E-state index >= 15 is 0 Å². The van der Waals surface area contributed by atoms with Gasteiger partial charge in [-0.1, -0.05) is 30.3 Å². The second kappa shape index (κ2) is 6.03. The third kappa shape index (κ3) is 4.26. The lowest BCUT2D eigenvalue weighted by Gasteiger charge is -2.26. The van der Waals surface area contributed by atoms with Gasteiger partial charge in [-0.15, -0.1) is 0 Å². The van der Waals surface area contributed by atoms with Crippen LogP contribution in [0, 0.1) is 0 Å². The Kier molecular flexibility index (Phi) is 4.69. The van der Waals surface area contributed by atoms with Gasteiger partial charge in [0.15, 0.2) is 0 Å². The SMILES string of the molecule is CC(=O)N(C)[C@H](CC(=O)O)Cc1ccccc1. The quantitative estimate of drug-likeness (QED) is 0.842. The number of likely N-dealkylation sites (N-methyl/N-ethyl adjacent to an activating group) is 1. The van der Waals surface area contributed by atoms with Crippen molar-refractivity contribution in [1.29, 1.82) is 0 Å². The van der Waals surface area contributed by atoms with Gasteiger partial charge >= 0.3 is 5.97 Å². The van der Waals surface area contributed by atoms with E-state index in [1.807, 2.05) is 30.3 Å². The van der Waals surface area contributed by atoms with Crippen LogP contribution in [0.2, 0.25) is 0 Å². The Hall–Kier alpha value is -1.84. The minimum absolute atomic E-state index is 0.0367. The molecule has 0 spiro atoms. The van der Waals surface area contributed by atoms with Crippen LogP contribution in [0.4, 0.5) is 0 Å². The van der Waals surface area contributed by atoms with Crippen LogP contribution in [0.25, 0.3) is 0 Å². The number of hydrogen-bond acceptors (Lipinski definition) is 2. The number of carbonyl (C=O) groups is 2. The fraction of sp³-hybridized carbons (Fsp3) is 0.385. The van der Waals surface area contributed by atoms with Gasteiger partial charge in [-0.3, -0.25) is 9.59 Å². The van der Waals surface area contributed by atoms with Gasteiger partial charge in [0.1, 0.15) is 0 Å². The summed E-state index contributed by atoms with van der Waals surface area (Å²) in [6.45, 7) is 1.44. The molecule has 17 heavy (non-hydrogen) atoms. The van der Waals surface area contributed by atoms with Crippen molar-refractivity contribution in [3.63, 3.8) is 0 Å². The highest BCUT2D eigenvalue weighted by Crippen LogP contribution is 2.11. The molecule has 1 aromatic rings. The summed E-state index contributed by atoms with van der Waals surface area (Å²) in [7, 11) is 1.64. The zero-order valence-corrected chi connectivity index (χ0v) is 10.1. The smallest absolute Gasteiger partial charge is 0.305 e. The highest BCUT2D eigenvalue weighted by molar-refractivity contribution is 5.75. The standard InChI is InChI=1S/C13H17NO3/c1-10(15)14(2)12(9-13(16)17)8-11-6-4-3-5-7-11/h3-7,12H,8-9H2,1-2H3,(H,16,17)/t12-/m0/s1. The van der Waals surface area contributed by atoms with Gasteiger partial charge in [-0.05, 0) is 12.0 Å². The molecule has 0 fully saturated rings. The largest absolute Gasteiger partial charge is 0.481 e. The Balaban J connectivity index is 2.77. The molecule has 1 aromatic carbocycles. The predicted molar refractivity (Wildman–Crippen MR) is 64.6 cm³/mol. The number of amides is 1. The molecule has 0 saturated heterocycles. The van der Waals surface area contributed by atoms with E-state index < -0.39 is 5.97 Å². The van der Waals surface area contributed by atoms with Crippen LogP contribution in [0.3, 0.4) is 0 Å². The molecular formula is C13H17NO3. The molecule has 0 aliphatic carbocycles. The fourth-order valence-corrected chi connectivity index (χ4v) is 1.69. The molecule has 0 aromatic heterocycles. The summed E-state index contributed by atoms with van der Waals surface area (Å²) in [6.07, 6.45) is 0.522. The van der Waals surface area contributed by atoms with E-state index in [4.69, 9.17) is 5.11 Å². The van der Waals surface area contributed by atoms with E-state index in [1.54, 1.807) is 7.05 Å². The summed E-state index contributed by atoms with van der Waals surface area (Å²) in [5.74, 6) is -1.01. The van der Waals surface area contributed by atoms with Crippen molar-refractivity contribution < 1.29 is 14.7 Å². The van der Waals surface area contributed by atoms with Gasteiger partial charge in [-0.25, -0.2) is 0 Å². The molecule has 92 valence electrons. The highest BCUT2D eigenvalue weighted by Gasteiger charge is 2.20. The monoisotopic (exact) mass is 235 g/mol. The normalized spacial score (nSPS) is 11.9. The number of carboxylic acids is 1. The van der Waals surface area contributed by atoms with E-state index in [-0.39, 0.29) is 18.4 Å². The van der Waals surface area contributed by atoms with Crippen LogP contribution < -0.4 is 0 Å². The summed E-state index contributed by atoms with van der Waals surface area (Å²) in [5, 5.41) is 8.85. The van der Waals surface area contributed by atoms with Gasteiger partial charge < -0.3 is 10.0 Å². The first-order valence-electron chi connectivity index (χ1n) is 5.50. The topological polar surface area (TPSA) is 57.6 Å². The van der Waals surface area contributed by atoms with E-state index in [1.165, 1.54) is 11.8 Å². The molecule has 0 heterocycles. The number of benzene rings is 1. The first-order chi connectivity index (χ1) is 8.00. The number of hydrogen-bond donors (Lipinski definition) is 1. The molecule has 1 atom stereocenters. The summed E-state index contributed by atoms with van der Waals surface area (Å²) >= 11 is 0. The Labute approximate surface area is 101 Å². The van der Waals surface area contributed by atoms with E-state index in [0.717, 1.165) is 5.56 Å². The fourth-order valence-electron chi connectivity index (χ4n) is 1.69. The van der Waals surface area contributed by atoms with E-state index in [2.05, 4.69) is 0 Å². The van der Waals surface area contributed by atoms with Crippen LogP contribution in [-0.4, -0.2) is 35.0 Å². The predicted octanol–water partition coefficient (Wildman–Crippen LogP) is 1.55. The maximum Gasteiger partial charge on any atom is 0.305 e. The van der Waals surface area contributed by atoms with Crippen molar-refractivity contribution in [3.8, 4) is 0 Å². The van der Waals surface area contributed by atoms with Crippen molar-refractivity contribution in [2.24, 2.45) is 0 Å². The third-order valence-corrected chi connectivity index (χ3v) is 2.77. The molecular weight excluding hydrogens is 218 g/mol. The summed E-state index contributed by atoms with van der Waals surface area (Å²) < 4.78 is 0. The Bertz CT molecular complexity index is 389. The molecule has 0 unspecified atom stereocenters. The molecule has 0 saturated carbocycles. The molecule has 1 amide bonds. The van der Waals surface area contributed by atoms with Crippen molar-refractivity contribution in [2.45, 2.75) is 25.8 Å². The average molecular weight is 235 g/mol. The lowest BCUT2D eigenvalue weighted by Crippen LogP contribution is -2.38. The lowest BCUT2D eigenvalue weighted by atomic mass is 10.0. The zero-order valence-electron chi connectivity index (χ0n) is 10.1. The van der Waals surface area contributed by atoms with Crippen LogP contribution in [0.1, 0.15) is 18.9 Å². The maximum atomic E-state index is 11.3. The van der Waals surface area contributed by atoms with Gasteiger partial charge in [-0.2, -0.15) is 0 Å². The number of carbonyl (C=O) groups excluding carboxylic acids is 1. The third-order valence-electron chi connectivity index (χ3n) is 2.77. The van der Waals surface area contributed by atoms with Crippen LogP contribution in [-0.2, 0) is 16.0 Å². The minimum Gasteiger partial charge on any atom is -0.481 e. The second-order valence-corrected chi connectivity index (χ2v) is 4.07. The molecule has 4 heteroatoms. The van der Waals surface area contributed by atoms with Crippen molar-refractivity contribution in [1.82, 2.24) is 4.90 Å². The molecule has 4 nitrogen and oxygen atoms in total. The molecule has 0 radical (unpaired) electrons. The van der Waals surface area contributed by atoms with Gasteiger partial charge in [0.05, 0.1) is 6.42 Å². The van der Waals surface area contributed by atoms with Crippen LogP contribution in [0.5, 0.6) is 0 Å². The number of aliphatic carboxylic acids is 1. The molecule has 1 rings (SSSR count). The lowest BCUT2D eigenvalue weighted by molar-refractivity contribution is -0.139. The second-order valence-electron chi connectivity index (χ2n) is 4.07. The minimum atomic E-state index is -0.890. The maximum absolute atomic E-state index is 11.3. The number of rotatable bonds is 5. The Morgan fingerprint density at radius 1 is 1.29 bits per heavy atom. The average Bonchev–Trinajstić information content (AvgIpc) is 2.28. The number of nitrogens with zero attached hydrogens (tertiary/aromatic N) is 1. The van der Waals surface area contributed by atoms with Crippen molar-refractivity contribution in [3.05, 3.63) is 35.9 Å². The zero-order chi connectivity index (χ0) is 12.8. The first-order valence-corrected chi connectivity index (χ1v) is 5.50. The summed E-state index contributed by atoms with van der Waals surface area (Å²) in [6, 6.07) is 9.28. The van der Waals surface area contributed by atoms with Crippen molar-refractivity contribution in [2.75, 3.05) is 7.05 Å². The van der Waals surface area contributed by atoms with Crippen LogP contribution in [0.15, 0.2) is 30.3 Å². The molecule has 0 bridgehead atoms. The molecule has 1 N–H and O–H groups in total. The van der Waals surface area contributed by atoms with Gasteiger partial charge in [0.2, 0.25) is 5.91 Å². The van der Waals surface area contributed by atoms with E-state index in [0.29, 0.717) is 6.42 Å². The Morgan fingerprint density at radius 3 is 2.35 bits per heavy atom. The summed E-state index contributed by atoms with van der Waals surface area (Å²) in [5.41, 5.74) is 1.03. The summed E-state index contributed by atoms with van der Waals surface area (Å²) in [4.78, 5) is 23.6.